The predicted octanol–water partition coefficient (Wildman–Crippen LogP) is 8.03. The van der Waals surface area contributed by atoms with Crippen molar-refractivity contribution in [3.63, 3.8) is 0 Å². The van der Waals surface area contributed by atoms with Crippen LogP contribution in [0.4, 0.5) is 0 Å². The average molecular weight is 567 g/mol. The highest BCUT2D eigenvalue weighted by Crippen LogP contribution is 2.43. The molecule has 0 spiro atoms. The second kappa shape index (κ2) is 25.9. The SMILES string of the molecule is CCCCCCCCCCCCCCCCCCCCCCO[C@H](CO)COP(=O)(O)OCC[N+](C)(C)C. The van der Waals surface area contributed by atoms with Crippen LogP contribution in [-0.4, -0.2) is 74.7 Å². The van der Waals surface area contributed by atoms with Crippen LogP contribution in [0.1, 0.15) is 135 Å². The molecule has 0 radical (unpaired) electrons. The number of hydrogen-bond acceptors (Lipinski definition) is 5. The third-order valence-electron chi connectivity index (χ3n) is 7.00. The maximum Gasteiger partial charge on any atom is 0.472 e. The van der Waals surface area contributed by atoms with Gasteiger partial charge in [0.25, 0.3) is 0 Å². The molecule has 38 heavy (non-hydrogen) atoms. The van der Waals surface area contributed by atoms with Crippen LogP contribution in [0, 0.1) is 0 Å². The number of phosphoric acid groups is 1. The third kappa shape index (κ3) is 29.0. The molecular weight excluding hydrogens is 501 g/mol. The Kier molecular flexibility index (Phi) is 25.9. The molecule has 0 aromatic carbocycles. The zero-order chi connectivity index (χ0) is 28.4. The fourth-order valence-corrected chi connectivity index (χ4v) is 5.15. The summed E-state index contributed by atoms with van der Waals surface area (Å²) in [6, 6.07) is 0. The molecular formula is C30H65NO6P+. The van der Waals surface area contributed by atoms with Gasteiger partial charge in [0, 0.05) is 6.61 Å². The number of unbranched alkanes of at least 4 members (excludes halogenated alkanes) is 19. The van der Waals surface area contributed by atoms with Gasteiger partial charge in [0.05, 0.1) is 34.4 Å². The van der Waals surface area contributed by atoms with Crippen molar-refractivity contribution in [2.75, 3.05) is 54.1 Å². The first-order valence-corrected chi connectivity index (χ1v) is 17.3. The molecule has 7 nitrogen and oxygen atoms in total. The third-order valence-corrected chi connectivity index (χ3v) is 7.98. The number of likely N-dealkylation sites (N-methyl/N-ethyl adjacent to an activating group) is 1. The summed E-state index contributed by atoms with van der Waals surface area (Å²) < 4.78 is 28.2. The van der Waals surface area contributed by atoms with Crippen molar-refractivity contribution >= 4 is 7.82 Å². The van der Waals surface area contributed by atoms with Crippen LogP contribution in [0.25, 0.3) is 0 Å². The highest BCUT2D eigenvalue weighted by atomic mass is 31.2. The maximum absolute atomic E-state index is 12.0. The zero-order valence-corrected chi connectivity index (χ0v) is 26.6. The van der Waals surface area contributed by atoms with E-state index in [1.807, 2.05) is 21.1 Å². The lowest BCUT2D eigenvalue weighted by atomic mass is 10.0. The lowest BCUT2D eigenvalue weighted by Crippen LogP contribution is -2.37. The van der Waals surface area contributed by atoms with E-state index < -0.39 is 13.9 Å². The molecule has 0 aromatic rings. The zero-order valence-electron chi connectivity index (χ0n) is 25.7. The van der Waals surface area contributed by atoms with Gasteiger partial charge in [-0.1, -0.05) is 129 Å². The van der Waals surface area contributed by atoms with Crippen LogP contribution < -0.4 is 0 Å². The van der Waals surface area contributed by atoms with Crippen LogP contribution in [0.3, 0.4) is 0 Å². The number of ether oxygens (including phenoxy) is 1. The topological polar surface area (TPSA) is 85.2 Å². The summed E-state index contributed by atoms with van der Waals surface area (Å²) in [6.07, 6.45) is 26.3. The number of aliphatic hydroxyl groups is 1. The van der Waals surface area contributed by atoms with E-state index >= 15 is 0 Å². The highest BCUT2D eigenvalue weighted by molar-refractivity contribution is 7.47. The molecule has 1 unspecified atom stereocenters. The van der Waals surface area contributed by atoms with Crippen molar-refractivity contribution in [2.45, 2.75) is 141 Å². The van der Waals surface area contributed by atoms with E-state index in [-0.39, 0.29) is 19.8 Å². The summed E-state index contributed by atoms with van der Waals surface area (Å²) in [6.45, 7) is 3.11. The molecule has 0 aliphatic carbocycles. The summed E-state index contributed by atoms with van der Waals surface area (Å²) >= 11 is 0. The molecule has 2 N–H and O–H groups in total. The number of hydrogen-bond donors (Lipinski definition) is 2. The van der Waals surface area contributed by atoms with Gasteiger partial charge in [0.2, 0.25) is 0 Å². The van der Waals surface area contributed by atoms with Gasteiger partial charge in [0.1, 0.15) is 19.3 Å². The van der Waals surface area contributed by atoms with Gasteiger partial charge in [-0.05, 0) is 6.42 Å². The minimum Gasteiger partial charge on any atom is -0.394 e. The van der Waals surface area contributed by atoms with E-state index in [2.05, 4.69) is 6.92 Å². The first-order valence-electron chi connectivity index (χ1n) is 15.8. The Labute approximate surface area is 236 Å². The number of aliphatic hydroxyl groups excluding tert-OH is 1. The van der Waals surface area contributed by atoms with Gasteiger partial charge >= 0.3 is 7.82 Å². The van der Waals surface area contributed by atoms with Crippen molar-refractivity contribution in [3.8, 4) is 0 Å². The van der Waals surface area contributed by atoms with E-state index in [0.717, 1.165) is 12.8 Å². The molecule has 0 aliphatic heterocycles. The Morgan fingerprint density at radius 3 is 1.39 bits per heavy atom. The van der Waals surface area contributed by atoms with E-state index in [1.54, 1.807) is 0 Å². The van der Waals surface area contributed by atoms with Crippen LogP contribution in [0.15, 0.2) is 0 Å². The fourth-order valence-electron chi connectivity index (χ4n) is 4.41. The Bertz CT molecular complexity index is 543. The molecule has 0 aliphatic rings. The smallest absolute Gasteiger partial charge is 0.394 e. The number of nitrogens with zero attached hydrogens (tertiary/aromatic N) is 1. The lowest BCUT2D eigenvalue weighted by molar-refractivity contribution is -0.870. The van der Waals surface area contributed by atoms with Gasteiger partial charge < -0.3 is 19.2 Å². The Morgan fingerprint density at radius 1 is 0.632 bits per heavy atom. The van der Waals surface area contributed by atoms with Crippen molar-refractivity contribution in [1.29, 1.82) is 0 Å². The summed E-state index contributed by atoms with van der Waals surface area (Å²) in [4.78, 5) is 9.77. The summed E-state index contributed by atoms with van der Waals surface area (Å²) in [5.41, 5.74) is 0. The largest absolute Gasteiger partial charge is 0.472 e. The lowest BCUT2D eigenvalue weighted by Gasteiger charge is -2.24. The first-order chi connectivity index (χ1) is 18.2. The normalized spacial score (nSPS) is 14.6. The van der Waals surface area contributed by atoms with Gasteiger partial charge in [-0.2, -0.15) is 0 Å². The van der Waals surface area contributed by atoms with Gasteiger partial charge in [-0.25, -0.2) is 4.57 Å². The molecule has 0 saturated carbocycles. The Balaban J connectivity index is 3.43. The highest BCUT2D eigenvalue weighted by Gasteiger charge is 2.24. The summed E-state index contributed by atoms with van der Waals surface area (Å²) in [5, 5.41) is 9.45. The van der Waals surface area contributed by atoms with E-state index in [4.69, 9.17) is 13.8 Å². The fraction of sp³-hybridized carbons (Fsp3) is 1.00. The van der Waals surface area contributed by atoms with E-state index in [9.17, 15) is 14.6 Å². The quantitative estimate of drug-likeness (QED) is 0.0520. The van der Waals surface area contributed by atoms with Crippen LogP contribution >= 0.6 is 7.82 Å². The van der Waals surface area contributed by atoms with Crippen molar-refractivity contribution in [2.24, 2.45) is 0 Å². The second-order valence-electron chi connectivity index (χ2n) is 12.0. The molecule has 0 saturated heterocycles. The molecule has 0 rings (SSSR count). The minimum atomic E-state index is -4.13. The molecule has 230 valence electrons. The number of quaternary nitrogens is 1. The molecule has 0 bridgehead atoms. The van der Waals surface area contributed by atoms with Gasteiger partial charge in [-0.3, -0.25) is 9.05 Å². The molecule has 0 heterocycles. The van der Waals surface area contributed by atoms with Crippen molar-refractivity contribution in [1.82, 2.24) is 0 Å². The molecule has 8 heteroatoms. The molecule has 0 amide bonds. The average Bonchev–Trinajstić information content (AvgIpc) is 2.85. The predicted molar refractivity (Wildman–Crippen MR) is 159 cm³/mol. The Morgan fingerprint density at radius 2 is 1.03 bits per heavy atom. The molecule has 0 fully saturated rings. The summed E-state index contributed by atoms with van der Waals surface area (Å²) in [5.74, 6) is 0. The van der Waals surface area contributed by atoms with Gasteiger partial charge in [0.15, 0.2) is 0 Å². The van der Waals surface area contributed by atoms with E-state index in [1.165, 1.54) is 116 Å². The van der Waals surface area contributed by atoms with Crippen molar-refractivity contribution < 1.29 is 32.8 Å². The Hall–Kier alpha value is -0.0100. The maximum atomic E-state index is 12.0. The summed E-state index contributed by atoms with van der Waals surface area (Å²) in [7, 11) is 1.80. The second-order valence-corrected chi connectivity index (χ2v) is 13.5. The monoisotopic (exact) mass is 566 g/mol. The van der Waals surface area contributed by atoms with E-state index in [0.29, 0.717) is 17.6 Å². The van der Waals surface area contributed by atoms with Gasteiger partial charge in [-0.15, -0.1) is 0 Å². The van der Waals surface area contributed by atoms with Crippen LogP contribution in [0.5, 0.6) is 0 Å². The standard InChI is InChI=1S/C30H64NO6P/c1-5-6-7-8-9-10-11-12-13-14-15-16-17-18-19-20-21-22-23-24-26-35-30(28-32)29-37-38(33,34)36-27-25-31(2,3)4/h30,32H,5-29H2,1-4H3/p+1/t30-/m1/s1. The number of phosphoric ester groups is 1. The van der Waals surface area contributed by atoms with Crippen molar-refractivity contribution in [3.05, 3.63) is 0 Å². The first kappa shape index (κ1) is 38.0. The number of rotatable bonds is 30. The minimum absolute atomic E-state index is 0.126. The molecule has 0 aromatic heterocycles. The van der Waals surface area contributed by atoms with Crippen LogP contribution in [-0.2, 0) is 18.3 Å². The van der Waals surface area contributed by atoms with Crippen LogP contribution in [0.2, 0.25) is 0 Å². The molecule has 2 atom stereocenters.